The maximum atomic E-state index is 5.35. The van der Waals surface area contributed by atoms with Crippen LogP contribution in [0.3, 0.4) is 0 Å². The zero-order valence-electron chi connectivity index (χ0n) is 7.13. The molecule has 0 aromatic rings. The summed E-state index contributed by atoms with van der Waals surface area (Å²) in [7, 11) is 0. The Kier molecular flexibility index (Phi) is 2.71. The Morgan fingerprint density at radius 3 is 2.82 bits per heavy atom. The third kappa shape index (κ3) is 3.06. The molecule has 1 aliphatic rings. The SMILES string of the molecule is CC(C)CC1CC1NC(N)=S. The van der Waals surface area contributed by atoms with Gasteiger partial charge in [-0.2, -0.15) is 0 Å². The van der Waals surface area contributed by atoms with E-state index in [1.165, 1.54) is 12.8 Å². The third-order valence-electron chi connectivity index (χ3n) is 2.02. The molecule has 1 saturated carbocycles. The van der Waals surface area contributed by atoms with Crippen LogP contribution in [-0.4, -0.2) is 11.2 Å². The minimum Gasteiger partial charge on any atom is -0.376 e. The highest BCUT2D eigenvalue weighted by atomic mass is 32.1. The topological polar surface area (TPSA) is 38.0 Å². The van der Waals surface area contributed by atoms with Crippen molar-refractivity contribution in [1.82, 2.24) is 5.32 Å². The molecule has 0 spiro atoms. The molecule has 1 aliphatic carbocycles. The molecule has 0 bridgehead atoms. The fourth-order valence-electron chi connectivity index (χ4n) is 1.47. The normalized spacial score (nSPS) is 28.6. The Hall–Kier alpha value is -0.310. The van der Waals surface area contributed by atoms with Crippen LogP contribution in [-0.2, 0) is 0 Å². The summed E-state index contributed by atoms with van der Waals surface area (Å²) in [6.45, 7) is 4.49. The first-order valence-corrected chi connectivity index (χ1v) is 4.56. The average molecular weight is 172 g/mol. The van der Waals surface area contributed by atoms with Crippen LogP contribution in [0.1, 0.15) is 26.7 Å². The van der Waals surface area contributed by atoms with E-state index in [4.69, 9.17) is 18.0 Å². The molecule has 1 rings (SSSR count). The molecule has 2 atom stereocenters. The molecule has 0 radical (unpaired) electrons. The highest BCUT2D eigenvalue weighted by molar-refractivity contribution is 7.80. The molecule has 3 N–H and O–H groups in total. The van der Waals surface area contributed by atoms with Crippen molar-refractivity contribution in [2.24, 2.45) is 17.6 Å². The van der Waals surface area contributed by atoms with Gasteiger partial charge in [0.05, 0.1) is 0 Å². The molecule has 64 valence electrons. The predicted octanol–water partition coefficient (Wildman–Crippen LogP) is 1.25. The van der Waals surface area contributed by atoms with E-state index in [0.717, 1.165) is 11.8 Å². The van der Waals surface area contributed by atoms with Crippen LogP contribution in [0.5, 0.6) is 0 Å². The number of nitrogens with two attached hydrogens (primary N) is 1. The van der Waals surface area contributed by atoms with Crippen LogP contribution < -0.4 is 11.1 Å². The summed E-state index contributed by atoms with van der Waals surface area (Å²) in [5, 5.41) is 3.53. The summed E-state index contributed by atoms with van der Waals surface area (Å²) >= 11 is 4.74. The first-order valence-electron chi connectivity index (χ1n) is 4.15. The fraction of sp³-hybridized carbons (Fsp3) is 0.875. The van der Waals surface area contributed by atoms with Gasteiger partial charge in [-0.25, -0.2) is 0 Å². The van der Waals surface area contributed by atoms with Crippen molar-refractivity contribution in [2.45, 2.75) is 32.7 Å². The lowest BCUT2D eigenvalue weighted by atomic mass is 10.1. The molecule has 1 fully saturated rings. The lowest BCUT2D eigenvalue weighted by Crippen LogP contribution is -2.31. The van der Waals surface area contributed by atoms with Crippen LogP contribution in [0, 0.1) is 11.8 Å². The third-order valence-corrected chi connectivity index (χ3v) is 2.14. The molecule has 0 aromatic heterocycles. The number of hydrogen-bond donors (Lipinski definition) is 2. The van der Waals surface area contributed by atoms with Crippen LogP contribution >= 0.6 is 12.2 Å². The van der Waals surface area contributed by atoms with E-state index in [-0.39, 0.29) is 0 Å². The average Bonchev–Trinajstić information content (AvgIpc) is 2.43. The summed E-state index contributed by atoms with van der Waals surface area (Å²) in [6.07, 6.45) is 2.54. The molecule has 3 heteroatoms. The van der Waals surface area contributed by atoms with Crippen molar-refractivity contribution in [3.05, 3.63) is 0 Å². The lowest BCUT2D eigenvalue weighted by molar-refractivity contribution is 0.525. The van der Waals surface area contributed by atoms with Crippen molar-refractivity contribution >= 4 is 17.3 Å². The minimum atomic E-state index is 0.446. The van der Waals surface area contributed by atoms with Crippen molar-refractivity contribution < 1.29 is 0 Å². The van der Waals surface area contributed by atoms with Crippen molar-refractivity contribution in [3.63, 3.8) is 0 Å². The van der Waals surface area contributed by atoms with Gasteiger partial charge in [-0.1, -0.05) is 13.8 Å². The van der Waals surface area contributed by atoms with Gasteiger partial charge >= 0.3 is 0 Å². The fourth-order valence-corrected chi connectivity index (χ4v) is 1.62. The number of hydrogen-bond acceptors (Lipinski definition) is 1. The van der Waals surface area contributed by atoms with E-state index >= 15 is 0 Å². The highest BCUT2D eigenvalue weighted by Gasteiger charge is 2.37. The zero-order chi connectivity index (χ0) is 8.43. The standard InChI is InChI=1S/C8H16N2S/c1-5(2)3-6-4-7(6)10-8(9)11/h5-7H,3-4H2,1-2H3,(H3,9,10,11). The lowest BCUT2D eigenvalue weighted by Gasteiger charge is -2.04. The van der Waals surface area contributed by atoms with Gasteiger partial charge in [0.15, 0.2) is 5.11 Å². The van der Waals surface area contributed by atoms with Gasteiger partial charge in [0, 0.05) is 6.04 Å². The molecule has 0 heterocycles. The number of rotatable bonds is 3. The largest absolute Gasteiger partial charge is 0.376 e. The summed E-state index contributed by atoms with van der Waals surface area (Å²) in [5.74, 6) is 1.61. The van der Waals surface area contributed by atoms with Crippen molar-refractivity contribution in [2.75, 3.05) is 0 Å². The Labute approximate surface area is 73.5 Å². The number of nitrogens with one attached hydrogen (secondary N) is 1. The van der Waals surface area contributed by atoms with Crippen LogP contribution in [0.2, 0.25) is 0 Å². The monoisotopic (exact) mass is 172 g/mol. The van der Waals surface area contributed by atoms with Crippen LogP contribution in [0.15, 0.2) is 0 Å². The van der Waals surface area contributed by atoms with E-state index in [9.17, 15) is 0 Å². The Morgan fingerprint density at radius 2 is 2.36 bits per heavy atom. The van der Waals surface area contributed by atoms with Crippen molar-refractivity contribution in [1.29, 1.82) is 0 Å². The van der Waals surface area contributed by atoms with E-state index in [1.807, 2.05) is 0 Å². The second-order valence-electron chi connectivity index (χ2n) is 3.74. The summed E-state index contributed by atoms with van der Waals surface area (Å²) in [6, 6.07) is 0.579. The summed E-state index contributed by atoms with van der Waals surface area (Å²) in [4.78, 5) is 0. The van der Waals surface area contributed by atoms with Gasteiger partial charge in [-0.05, 0) is 36.9 Å². The maximum Gasteiger partial charge on any atom is 0.163 e. The van der Waals surface area contributed by atoms with Crippen molar-refractivity contribution in [3.8, 4) is 0 Å². The second kappa shape index (κ2) is 3.39. The van der Waals surface area contributed by atoms with Gasteiger partial charge in [-0.15, -0.1) is 0 Å². The van der Waals surface area contributed by atoms with Gasteiger partial charge in [-0.3, -0.25) is 0 Å². The molecule has 2 nitrogen and oxygen atoms in total. The van der Waals surface area contributed by atoms with Crippen LogP contribution in [0.4, 0.5) is 0 Å². The van der Waals surface area contributed by atoms with E-state index in [0.29, 0.717) is 11.2 Å². The van der Waals surface area contributed by atoms with E-state index < -0.39 is 0 Å². The molecule has 0 saturated heterocycles. The molecule has 0 amide bonds. The van der Waals surface area contributed by atoms with Gasteiger partial charge < -0.3 is 11.1 Å². The Balaban J connectivity index is 2.11. The Bertz CT molecular complexity index is 156. The predicted molar refractivity (Wildman–Crippen MR) is 51.3 cm³/mol. The zero-order valence-corrected chi connectivity index (χ0v) is 7.95. The molecule has 0 aliphatic heterocycles. The summed E-state index contributed by atoms with van der Waals surface area (Å²) in [5.41, 5.74) is 5.35. The van der Waals surface area contributed by atoms with Gasteiger partial charge in [0.25, 0.3) is 0 Å². The second-order valence-corrected chi connectivity index (χ2v) is 4.18. The molecular formula is C8H16N2S. The first kappa shape index (κ1) is 8.78. The highest BCUT2D eigenvalue weighted by Crippen LogP contribution is 2.35. The van der Waals surface area contributed by atoms with Gasteiger partial charge in [0.1, 0.15) is 0 Å². The molecule has 11 heavy (non-hydrogen) atoms. The quantitative estimate of drug-likeness (QED) is 0.629. The minimum absolute atomic E-state index is 0.446. The first-order chi connectivity index (χ1) is 5.09. The van der Waals surface area contributed by atoms with E-state index in [2.05, 4.69) is 19.2 Å². The number of thiocarbonyl (C=S) groups is 1. The maximum absolute atomic E-state index is 5.35. The van der Waals surface area contributed by atoms with E-state index in [1.54, 1.807) is 0 Å². The molecule has 2 unspecified atom stereocenters. The smallest absolute Gasteiger partial charge is 0.163 e. The summed E-state index contributed by atoms with van der Waals surface area (Å²) < 4.78 is 0. The molecule has 0 aromatic carbocycles. The molecular weight excluding hydrogens is 156 g/mol. The Morgan fingerprint density at radius 1 is 1.73 bits per heavy atom. The van der Waals surface area contributed by atoms with Gasteiger partial charge in [0.2, 0.25) is 0 Å². The van der Waals surface area contributed by atoms with Crippen LogP contribution in [0.25, 0.3) is 0 Å².